The number of hydrogen-bond donors (Lipinski definition) is 1. The van der Waals surface area contributed by atoms with Gasteiger partial charge in [0.2, 0.25) is 11.8 Å². The van der Waals surface area contributed by atoms with Crippen molar-refractivity contribution in [2.45, 2.75) is 50.7 Å². The molecular weight excluding hydrogens is 594 g/mol. The number of halogens is 1. The highest BCUT2D eigenvalue weighted by Gasteiger charge is 2.35. The summed E-state index contributed by atoms with van der Waals surface area (Å²) in [5, 5.41) is 3.11. The summed E-state index contributed by atoms with van der Waals surface area (Å²) >= 11 is 6.31. The number of rotatable bonds is 14. The Morgan fingerprint density at radius 1 is 0.884 bits per heavy atom. The van der Waals surface area contributed by atoms with E-state index in [2.05, 4.69) is 5.32 Å². The van der Waals surface area contributed by atoms with Gasteiger partial charge in [-0.2, -0.15) is 0 Å². The van der Waals surface area contributed by atoms with Crippen LogP contribution in [-0.2, 0) is 26.2 Å². The second kappa shape index (κ2) is 15.0. The van der Waals surface area contributed by atoms with Gasteiger partial charge in [0, 0.05) is 23.7 Å². The van der Waals surface area contributed by atoms with Gasteiger partial charge in [0.05, 0.1) is 31.9 Å². The Kier molecular flexibility index (Phi) is 11.7. The number of anilines is 1. The Hall–Kier alpha value is -3.96. The molecule has 2 amide bonds. The van der Waals surface area contributed by atoms with Gasteiger partial charge < -0.3 is 24.4 Å². The van der Waals surface area contributed by atoms with E-state index in [1.54, 1.807) is 13.0 Å². The van der Waals surface area contributed by atoms with E-state index in [-0.39, 0.29) is 45.6 Å². The molecule has 3 rings (SSSR count). The van der Waals surface area contributed by atoms with E-state index in [0.717, 1.165) is 9.87 Å². The van der Waals surface area contributed by atoms with Crippen LogP contribution in [0, 0.1) is 0 Å². The molecule has 0 heterocycles. The molecule has 3 aromatic rings. The molecule has 0 fully saturated rings. The lowest BCUT2D eigenvalue weighted by atomic mass is 10.1. The lowest BCUT2D eigenvalue weighted by molar-refractivity contribution is -0.140. The molecule has 12 heteroatoms. The largest absolute Gasteiger partial charge is 0.495 e. The van der Waals surface area contributed by atoms with Crippen LogP contribution in [0.1, 0.15) is 32.8 Å². The molecule has 1 atom stereocenters. The molecule has 0 aromatic heterocycles. The minimum Gasteiger partial charge on any atom is -0.495 e. The van der Waals surface area contributed by atoms with Crippen molar-refractivity contribution in [1.82, 2.24) is 10.2 Å². The van der Waals surface area contributed by atoms with Gasteiger partial charge in [-0.1, -0.05) is 48.9 Å². The minimum atomic E-state index is -4.42. The topological polar surface area (TPSA) is 114 Å². The van der Waals surface area contributed by atoms with Crippen molar-refractivity contribution >= 4 is 39.1 Å². The van der Waals surface area contributed by atoms with E-state index in [9.17, 15) is 18.0 Å². The quantitative estimate of drug-likeness (QED) is 0.269. The molecule has 0 aliphatic heterocycles. The molecule has 10 nitrogen and oxygen atoms in total. The predicted molar refractivity (Wildman–Crippen MR) is 166 cm³/mol. The van der Waals surface area contributed by atoms with E-state index >= 15 is 0 Å². The molecule has 0 radical (unpaired) electrons. The zero-order chi connectivity index (χ0) is 31.7. The average Bonchev–Trinajstić information content (AvgIpc) is 2.99. The fraction of sp³-hybridized carbons (Fsp3) is 0.355. The monoisotopic (exact) mass is 631 g/mol. The fourth-order valence-electron chi connectivity index (χ4n) is 4.56. The third-order valence-corrected chi connectivity index (χ3v) is 8.63. The summed E-state index contributed by atoms with van der Waals surface area (Å²) < 4.78 is 45.6. The van der Waals surface area contributed by atoms with Crippen molar-refractivity contribution < 1.29 is 32.2 Å². The van der Waals surface area contributed by atoms with Crippen LogP contribution in [0.25, 0.3) is 0 Å². The normalized spacial score (nSPS) is 11.9. The molecule has 3 aromatic carbocycles. The summed E-state index contributed by atoms with van der Waals surface area (Å²) in [5.74, 6) is -0.229. The van der Waals surface area contributed by atoms with Crippen LogP contribution in [0.2, 0.25) is 5.02 Å². The fourth-order valence-corrected chi connectivity index (χ4v) is 6.15. The van der Waals surface area contributed by atoms with Crippen LogP contribution in [0.3, 0.4) is 0 Å². The van der Waals surface area contributed by atoms with Gasteiger partial charge in [-0.05, 0) is 56.2 Å². The summed E-state index contributed by atoms with van der Waals surface area (Å²) in [4.78, 5) is 28.8. The first kappa shape index (κ1) is 33.5. The SMILES string of the molecule is CCC(C(=O)NC(C)C)N(Cc1ccccc1)C(=O)CN(c1cc(Cl)ccc1OC)S(=O)(=O)c1ccc(OC)c(OC)c1. The van der Waals surface area contributed by atoms with E-state index in [4.69, 9.17) is 25.8 Å². The standard InChI is InChI=1S/C31H38ClN3O7S/c1-7-25(31(37)33-21(2)3)34(19-22-11-9-8-10-12-22)30(36)20-35(26-17-23(32)13-15-27(26)40-4)43(38,39)24-14-16-28(41-5)29(18-24)42-6/h8-18,21,25H,7,19-20H2,1-6H3,(H,33,37). The number of carbonyl (C=O) groups excluding carboxylic acids is 2. The summed E-state index contributed by atoms with van der Waals surface area (Å²) in [7, 11) is -0.201. The molecule has 0 saturated heterocycles. The number of nitrogens with zero attached hydrogens (tertiary/aromatic N) is 2. The Morgan fingerprint density at radius 2 is 1.51 bits per heavy atom. The molecule has 1 unspecified atom stereocenters. The first-order valence-electron chi connectivity index (χ1n) is 13.7. The number of amides is 2. The van der Waals surface area contributed by atoms with Crippen LogP contribution >= 0.6 is 11.6 Å². The van der Waals surface area contributed by atoms with E-state index < -0.39 is 28.5 Å². The van der Waals surface area contributed by atoms with Crippen molar-refractivity contribution in [3.8, 4) is 17.2 Å². The molecule has 0 bridgehead atoms. The van der Waals surface area contributed by atoms with Crippen LogP contribution in [0.4, 0.5) is 5.69 Å². The van der Waals surface area contributed by atoms with Gasteiger partial charge in [-0.3, -0.25) is 13.9 Å². The highest BCUT2D eigenvalue weighted by Crippen LogP contribution is 2.37. The molecule has 232 valence electrons. The Labute approximate surface area is 258 Å². The lowest BCUT2D eigenvalue weighted by Crippen LogP contribution is -2.53. The first-order valence-corrected chi connectivity index (χ1v) is 15.5. The molecule has 43 heavy (non-hydrogen) atoms. The van der Waals surface area contributed by atoms with Crippen LogP contribution < -0.4 is 23.8 Å². The lowest BCUT2D eigenvalue weighted by Gasteiger charge is -2.34. The summed E-state index contributed by atoms with van der Waals surface area (Å²) in [5.41, 5.74) is 0.832. The molecule has 0 saturated carbocycles. The van der Waals surface area contributed by atoms with Gasteiger partial charge in [-0.25, -0.2) is 8.42 Å². The second-order valence-corrected chi connectivity index (χ2v) is 12.2. The molecule has 0 aliphatic carbocycles. The minimum absolute atomic E-state index is 0.0532. The molecular formula is C31H38ClN3O7S. The van der Waals surface area contributed by atoms with Crippen LogP contribution in [0.15, 0.2) is 71.6 Å². The number of methoxy groups -OCH3 is 3. The summed E-state index contributed by atoms with van der Waals surface area (Å²) in [6, 6.07) is 16.8. The number of ether oxygens (including phenoxy) is 3. The van der Waals surface area contributed by atoms with E-state index in [1.807, 2.05) is 44.2 Å². The van der Waals surface area contributed by atoms with E-state index in [1.165, 1.54) is 56.6 Å². The van der Waals surface area contributed by atoms with Gasteiger partial charge in [0.25, 0.3) is 10.0 Å². The first-order chi connectivity index (χ1) is 20.5. The maximum Gasteiger partial charge on any atom is 0.265 e. The zero-order valence-corrected chi connectivity index (χ0v) is 26.7. The highest BCUT2D eigenvalue weighted by molar-refractivity contribution is 7.92. The van der Waals surface area contributed by atoms with Crippen molar-refractivity contribution in [1.29, 1.82) is 0 Å². The number of sulfonamides is 1. The second-order valence-electron chi connectivity index (χ2n) is 9.94. The third-order valence-electron chi connectivity index (χ3n) is 6.64. The Morgan fingerprint density at radius 3 is 2.09 bits per heavy atom. The molecule has 0 aliphatic rings. The zero-order valence-electron chi connectivity index (χ0n) is 25.2. The average molecular weight is 632 g/mol. The Balaban J connectivity index is 2.17. The number of hydrogen-bond acceptors (Lipinski definition) is 7. The van der Waals surface area contributed by atoms with E-state index in [0.29, 0.717) is 12.2 Å². The number of nitrogens with one attached hydrogen (secondary N) is 1. The molecule has 0 spiro atoms. The number of benzene rings is 3. The van der Waals surface area contributed by atoms with Gasteiger partial charge in [0.1, 0.15) is 18.3 Å². The Bertz CT molecular complexity index is 1520. The highest BCUT2D eigenvalue weighted by atomic mass is 35.5. The molecule has 1 N–H and O–H groups in total. The van der Waals surface area contributed by atoms with Gasteiger partial charge in [0.15, 0.2) is 11.5 Å². The van der Waals surface area contributed by atoms with Gasteiger partial charge >= 0.3 is 0 Å². The number of carbonyl (C=O) groups is 2. The predicted octanol–water partition coefficient (Wildman–Crippen LogP) is 4.89. The maximum atomic E-state index is 14.3. The summed E-state index contributed by atoms with van der Waals surface area (Å²) in [6.07, 6.45) is 0.306. The van der Waals surface area contributed by atoms with Crippen molar-refractivity contribution in [3.05, 3.63) is 77.3 Å². The smallest absolute Gasteiger partial charge is 0.265 e. The third kappa shape index (κ3) is 8.11. The summed E-state index contributed by atoms with van der Waals surface area (Å²) in [6.45, 7) is 4.90. The van der Waals surface area contributed by atoms with Crippen molar-refractivity contribution in [2.24, 2.45) is 0 Å². The van der Waals surface area contributed by atoms with Gasteiger partial charge in [-0.15, -0.1) is 0 Å². The van der Waals surface area contributed by atoms with Crippen molar-refractivity contribution in [2.75, 3.05) is 32.2 Å². The maximum absolute atomic E-state index is 14.3. The van der Waals surface area contributed by atoms with Crippen LogP contribution in [0.5, 0.6) is 17.2 Å². The van der Waals surface area contributed by atoms with Crippen LogP contribution in [-0.4, -0.2) is 65.1 Å². The van der Waals surface area contributed by atoms with Crippen molar-refractivity contribution in [3.63, 3.8) is 0 Å².